The summed E-state index contributed by atoms with van der Waals surface area (Å²) in [6.07, 6.45) is 4.49. The van der Waals surface area contributed by atoms with Gasteiger partial charge in [0.25, 0.3) is 0 Å². The Morgan fingerprint density at radius 1 is 1.15 bits per heavy atom. The topological polar surface area (TPSA) is 37.3 Å². The lowest BCUT2D eigenvalue weighted by Gasteiger charge is -2.12. The molecule has 1 atom stereocenters. The van der Waals surface area contributed by atoms with Gasteiger partial charge < -0.3 is 5.11 Å². The Morgan fingerprint density at radius 3 is 2.75 bits per heavy atom. The SMILES string of the molecule is O=C(CC(O)c1ccc2c(c1)C=CC2)c1ccccc1. The van der Waals surface area contributed by atoms with Crippen LogP contribution >= 0.6 is 0 Å². The maximum Gasteiger partial charge on any atom is 0.165 e. The van der Waals surface area contributed by atoms with Crippen molar-refractivity contribution in [2.75, 3.05) is 0 Å². The molecule has 0 aliphatic heterocycles. The van der Waals surface area contributed by atoms with E-state index in [-0.39, 0.29) is 12.2 Å². The first-order valence-electron chi connectivity index (χ1n) is 6.80. The van der Waals surface area contributed by atoms with E-state index in [2.05, 4.69) is 12.2 Å². The predicted molar refractivity (Wildman–Crippen MR) is 79.5 cm³/mol. The third-order valence-corrected chi connectivity index (χ3v) is 3.66. The average Bonchev–Trinajstić information content (AvgIpc) is 2.95. The van der Waals surface area contributed by atoms with E-state index >= 15 is 0 Å². The molecule has 2 aromatic rings. The summed E-state index contributed by atoms with van der Waals surface area (Å²) in [5, 5.41) is 10.2. The molecule has 0 spiro atoms. The number of benzene rings is 2. The highest BCUT2D eigenvalue weighted by molar-refractivity contribution is 5.96. The molecule has 0 bridgehead atoms. The first kappa shape index (κ1) is 12.8. The van der Waals surface area contributed by atoms with Crippen LogP contribution in [0, 0.1) is 0 Å². The molecule has 0 saturated heterocycles. The van der Waals surface area contributed by atoms with Crippen molar-refractivity contribution in [1.82, 2.24) is 0 Å². The molecule has 3 rings (SSSR count). The summed E-state index contributed by atoms with van der Waals surface area (Å²) in [5.74, 6) is -0.0332. The first-order valence-corrected chi connectivity index (χ1v) is 6.80. The van der Waals surface area contributed by atoms with Gasteiger partial charge in [0.2, 0.25) is 0 Å². The largest absolute Gasteiger partial charge is 0.388 e. The molecule has 0 aromatic heterocycles. The molecule has 2 nitrogen and oxygen atoms in total. The maximum absolute atomic E-state index is 12.1. The van der Waals surface area contributed by atoms with Crippen molar-refractivity contribution < 1.29 is 9.90 Å². The van der Waals surface area contributed by atoms with Crippen LogP contribution in [-0.4, -0.2) is 10.9 Å². The van der Waals surface area contributed by atoms with Gasteiger partial charge in [-0.1, -0.05) is 54.6 Å². The Kier molecular flexibility index (Phi) is 3.48. The Bertz CT molecular complexity index is 656. The summed E-state index contributed by atoms with van der Waals surface area (Å²) in [5.41, 5.74) is 3.87. The molecule has 0 amide bonds. The molecular formula is C18H16O2. The number of carbonyl (C=O) groups excluding carboxylic acids is 1. The van der Waals surface area contributed by atoms with Gasteiger partial charge in [-0.15, -0.1) is 0 Å². The van der Waals surface area contributed by atoms with Crippen LogP contribution < -0.4 is 0 Å². The van der Waals surface area contributed by atoms with Gasteiger partial charge in [-0.25, -0.2) is 0 Å². The van der Waals surface area contributed by atoms with Crippen LogP contribution in [0.5, 0.6) is 0 Å². The lowest BCUT2D eigenvalue weighted by Crippen LogP contribution is -2.07. The molecule has 1 unspecified atom stereocenters. The molecule has 0 radical (unpaired) electrons. The Morgan fingerprint density at radius 2 is 1.95 bits per heavy atom. The van der Waals surface area contributed by atoms with Crippen molar-refractivity contribution in [3.05, 3.63) is 76.9 Å². The molecule has 1 aliphatic carbocycles. The molecule has 20 heavy (non-hydrogen) atoms. The van der Waals surface area contributed by atoms with E-state index in [1.165, 1.54) is 5.56 Å². The van der Waals surface area contributed by atoms with Gasteiger partial charge in [0.15, 0.2) is 5.78 Å². The number of hydrogen-bond donors (Lipinski definition) is 1. The van der Waals surface area contributed by atoms with Crippen molar-refractivity contribution in [1.29, 1.82) is 0 Å². The number of fused-ring (bicyclic) bond motifs is 1. The quantitative estimate of drug-likeness (QED) is 0.857. The summed E-state index contributed by atoms with van der Waals surface area (Å²) in [4.78, 5) is 12.1. The summed E-state index contributed by atoms with van der Waals surface area (Å²) in [6, 6.07) is 15.0. The summed E-state index contributed by atoms with van der Waals surface area (Å²) in [7, 11) is 0. The molecule has 2 heteroatoms. The van der Waals surface area contributed by atoms with E-state index in [9.17, 15) is 9.90 Å². The van der Waals surface area contributed by atoms with Gasteiger partial charge in [-0.3, -0.25) is 4.79 Å². The number of rotatable bonds is 4. The van der Waals surface area contributed by atoms with Crippen molar-refractivity contribution >= 4 is 11.9 Å². The van der Waals surface area contributed by atoms with E-state index in [1.807, 2.05) is 36.4 Å². The van der Waals surface area contributed by atoms with Gasteiger partial charge >= 0.3 is 0 Å². The minimum Gasteiger partial charge on any atom is -0.388 e. The third-order valence-electron chi connectivity index (χ3n) is 3.66. The predicted octanol–water partition coefficient (Wildman–Crippen LogP) is 3.56. The van der Waals surface area contributed by atoms with E-state index < -0.39 is 6.10 Å². The molecule has 100 valence electrons. The van der Waals surface area contributed by atoms with Crippen LogP contribution in [-0.2, 0) is 6.42 Å². The Hall–Kier alpha value is -2.19. The highest BCUT2D eigenvalue weighted by atomic mass is 16.3. The van der Waals surface area contributed by atoms with Gasteiger partial charge in [0.05, 0.1) is 6.10 Å². The average molecular weight is 264 g/mol. The summed E-state index contributed by atoms with van der Waals surface area (Å²) >= 11 is 0. The van der Waals surface area contributed by atoms with E-state index in [0.717, 1.165) is 17.5 Å². The second-order valence-corrected chi connectivity index (χ2v) is 5.07. The minimum atomic E-state index is -0.748. The van der Waals surface area contributed by atoms with E-state index in [0.29, 0.717) is 5.56 Å². The van der Waals surface area contributed by atoms with Crippen molar-refractivity contribution in [3.63, 3.8) is 0 Å². The first-order chi connectivity index (χ1) is 9.74. The van der Waals surface area contributed by atoms with Crippen molar-refractivity contribution in [2.24, 2.45) is 0 Å². The standard InChI is InChI=1S/C18H16O2/c19-17(14-5-2-1-3-6-14)12-18(20)16-10-9-13-7-4-8-15(13)11-16/h1-6,8-11,18,20H,7,12H2. The van der Waals surface area contributed by atoms with Gasteiger partial charge in [0, 0.05) is 12.0 Å². The number of hydrogen-bond acceptors (Lipinski definition) is 2. The number of ketones is 1. The van der Waals surface area contributed by atoms with Gasteiger partial charge in [0.1, 0.15) is 0 Å². The molecule has 0 heterocycles. The number of aliphatic hydroxyl groups is 1. The fourth-order valence-corrected chi connectivity index (χ4v) is 2.51. The fraction of sp³-hybridized carbons (Fsp3) is 0.167. The lowest BCUT2D eigenvalue weighted by atomic mass is 9.97. The van der Waals surface area contributed by atoms with Crippen LogP contribution in [0.2, 0.25) is 0 Å². The molecular weight excluding hydrogens is 248 g/mol. The van der Waals surface area contributed by atoms with Crippen LogP contribution in [0.25, 0.3) is 6.08 Å². The normalized spacial score (nSPS) is 14.1. The van der Waals surface area contributed by atoms with Gasteiger partial charge in [-0.2, -0.15) is 0 Å². The number of carbonyl (C=O) groups is 1. The highest BCUT2D eigenvalue weighted by Gasteiger charge is 2.16. The monoisotopic (exact) mass is 264 g/mol. The highest BCUT2D eigenvalue weighted by Crippen LogP contribution is 2.26. The molecule has 1 aliphatic rings. The minimum absolute atomic E-state index is 0.0332. The second kappa shape index (κ2) is 5.43. The van der Waals surface area contributed by atoms with E-state index in [1.54, 1.807) is 12.1 Å². The number of aliphatic hydroxyl groups excluding tert-OH is 1. The van der Waals surface area contributed by atoms with Crippen LogP contribution in [0.15, 0.2) is 54.6 Å². The van der Waals surface area contributed by atoms with Crippen LogP contribution in [0.3, 0.4) is 0 Å². The Balaban J connectivity index is 1.75. The maximum atomic E-state index is 12.1. The van der Waals surface area contributed by atoms with Gasteiger partial charge in [-0.05, 0) is 29.2 Å². The lowest BCUT2D eigenvalue weighted by molar-refractivity contribution is 0.0880. The smallest absolute Gasteiger partial charge is 0.165 e. The molecule has 1 N–H and O–H groups in total. The molecule has 0 saturated carbocycles. The second-order valence-electron chi connectivity index (χ2n) is 5.07. The van der Waals surface area contributed by atoms with Crippen LogP contribution in [0.1, 0.15) is 39.6 Å². The Labute approximate surface area is 118 Å². The van der Waals surface area contributed by atoms with Crippen molar-refractivity contribution in [3.8, 4) is 0 Å². The van der Waals surface area contributed by atoms with E-state index in [4.69, 9.17) is 0 Å². The van der Waals surface area contributed by atoms with Crippen LogP contribution in [0.4, 0.5) is 0 Å². The summed E-state index contributed by atoms with van der Waals surface area (Å²) < 4.78 is 0. The van der Waals surface area contributed by atoms with Crippen molar-refractivity contribution in [2.45, 2.75) is 18.9 Å². The zero-order valence-electron chi connectivity index (χ0n) is 11.1. The zero-order valence-corrected chi connectivity index (χ0v) is 11.1. The third kappa shape index (κ3) is 2.56. The number of allylic oxidation sites excluding steroid dienone is 1. The molecule has 0 fully saturated rings. The number of Topliss-reactive ketones (excluding diaryl/α,β-unsaturated/α-hetero) is 1. The zero-order chi connectivity index (χ0) is 13.9. The summed E-state index contributed by atoms with van der Waals surface area (Å²) in [6.45, 7) is 0. The fourth-order valence-electron chi connectivity index (χ4n) is 2.51. The molecule has 2 aromatic carbocycles.